The summed E-state index contributed by atoms with van der Waals surface area (Å²) in [4.78, 5) is 2.83. The maximum absolute atomic E-state index is 3.83. The molecule has 0 amide bonds. The number of nitrogens with zero attached hydrogens (tertiary/aromatic N) is 1. The van der Waals surface area contributed by atoms with Gasteiger partial charge < -0.3 is 5.32 Å². The van der Waals surface area contributed by atoms with Crippen molar-refractivity contribution in [3.05, 3.63) is 35.9 Å². The van der Waals surface area contributed by atoms with E-state index in [1.165, 1.54) is 63.7 Å². The molecule has 2 nitrogen and oxygen atoms in total. The maximum atomic E-state index is 3.83. The fraction of sp³-hybridized carbons (Fsp3) is 0.684. The van der Waals surface area contributed by atoms with Gasteiger partial charge in [-0.05, 0) is 49.6 Å². The number of hydrogen-bond donors (Lipinski definition) is 1. The van der Waals surface area contributed by atoms with Gasteiger partial charge in [0.05, 0.1) is 0 Å². The molecule has 0 bridgehead atoms. The summed E-state index contributed by atoms with van der Waals surface area (Å²) in [6.45, 7) is 3.81. The van der Waals surface area contributed by atoms with Crippen LogP contribution in [0.4, 0.5) is 0 Å². The quantitative estimate of drug-likeness (QED) is 0.863. The van der Waals surface area contributed by atoms with E-state index >= 15 is 0 Å². The predicted octanol–water partition coefficient (Wildman–Crippen LogP) is 3.08. The molecule has 0 radical (unpaired) electrons. The molecule has 1 aliphatic heterocycles. The normalized spacial score (nSPS) is 30.5. The Morgan fingerprint density at radius 1 is 1.05 bits per heavy atom. The molecule has 4 rings (SSSR count). The molecule has 2 unspecified atom stereocenters. The largest absolute Gasteiger partial charge is 0.311 e. The van der Waals surface area contributed by atoms with Crippen molar-refractivity contribution in [3.63, 3.8) is 0 Å². The van der Waals surface area contributed by atoms with Gasteiger partial charge >= 0.3 is 0 Å². The van der Waals surface area contributed by atoms with Crippen LogP contribution in [0.15, 0.2) is 30.3 Å². The monoisotopic (exact) mass is 284 g/mol. The Morgan fingerprint density at radius 3 is 2.57 bits per heavy atom. The van der Waals surface area contributed by atoms with E-state index in [4.69, 9.17) is 0 Å². The molecule has 21 heavy (non-hydrogen) atoms. The molecule has 1 aromatic carbocycles. The minimum Gasteiger partial charge on any atom is -0.311 e. The minimum absolute atomic E-state index is 0.640. The van der Waals surface area contributed by atoms with Gasteiger partial charge in [0.15, 0.2) is 0 Å². The van der Waals surface area contributed by atoms with E-state index in [0.717, 1.165) is 17.9 Å². The highest BCUT2D eigenvalue weighted by Crippen LogP contribution is 2.38. The van der Waals surface area contributed by atoms with Gasteiger partial charge in [-0.3, -0.25) is 4.90 Å². The van der Waals surface area contributed by atoms with Crippen molar-refractivity contribution in [2.24, 2.45) is 11.8 Å². The van der Waals surface area contributed by atoms with Gasteiger partial charge in [0.1, 0.15) is 0 Å². The van der Waals surface area contributed by atoms with Crippen molar-refractivity contribution >= 4 is 0 Å². The molecule has 3 fully saturated rings. The van der Waals surface area contributed by atoms with E-state index in [2.05, 4.69) is 40.5 Å². The van der Waals surface area contributed by atoms with Gasteiger partial charge in [-0.2, -0.15) is 0 Å². The van der Waals surface area contributed by atoms with Gasteiger partial charge in [-0.15, -0.1) is 0 Å². The second-order valence-corrected chi connectivity index (χ2v) is 7.43. The number of benzene rings is 1. The number of hydrogen-bond acceptors (Lipinski definition) is 2. The fourth-order valence-electron chi connectivity index (χ4n) is 3.89. The van der Waals surface area contributed by atoms with Gasteiger partial charge in [-0.25, -0.2) is 0 Å². The molecule has 3 aliphatic rings. The van der Waals surface area contributed by atoms with Gasteiger partial charge in [0.2, 0.25) is 0 Å². The lowest BCUT2D eigenvalue weighted by Gasteiger charge is -2.41. The highest BCUT2D eigenvalue weighted by atomic mass is 15.2. The lowest BCUT2D eigenvalue weighted by atomic mass is 9.99. The fourth-order valence-corrected chi connectivity index (χ4v) is 3.89. The minimum atomic E-state index is 0.640. The van der Waals surface area contributed by atoms with Crippen LogP contribution in [0.25, 0.3) is 0 Å². The van der Waals surface area contributed by atoms with Crippen LogP contribution in [-0.4, -0.2) is 36.6 Å². The predicted molar refractivity (Wildman–Crippen MR) is 87.4 cm³/mol. The van der Waals surface area contributed by atoms with Crippen molar-refractivity contribution in [2.45, 2.75) is 50.6 Å². The molecule has 1 aromatic rings. The van der Waals surface area contributed by atoms with Crippen molar-refractivity contribution in [1.29, 1.82) is 0 Å². The van der Waals surface area contributed by atoms with Crippen LogP contribution in [0.2, 0.25) is 0 Å². The van der Waals surface area contributed by atoms with Crippen LogP contribution in [0.5, 0.6) is 0 Å². The molecule has 1 N–H and O–H groups in total. The first kappa shape index (κ1) is 13.8. The van der Waals surface area contributed by atoms with E-state index in [0.29, 0.717) is 6.04 Å². The lowest BCUT2D eigenvalue weighted by Crippen LogP contribution is -2.58. The SMILES string of the molecule is c1ccc(CC2CN(CCC3CC3)C(C3CC3)CN2)cc1. The molecule has 1 heterocycles. The van der Waals surface area contributed by atoms with Crippen molar-refractivity contribution in [3.8, 4) is 0 Å². The number of piperazine rings is 1. The van der Waals surface area contributed by atoms with E-state index in [1.54, 1.807) is 0 Å². The smallest absolute Gasteiger partial charge is 0.0249 e. The molecule has 2 aliphatic carbocycles. The molecular weight excluding hydrogens is 256 g/mol. The summed E-state index contributed by atoms with van der Waals surface area (Å²) in [5.41, 5.74) is 1.47. The van der Waals surface area contributed by atoms with E-state index < -0.39 is 0 Å². The molecule has 114 valence electrons. The van der Waals surface area contributed by atoms with Gasteiger partial charge in [0, 0.05) is 25.2 Å². The van der Waals surface area contributed by atoms with Crippen LogP contribution in [0.3, 0.4) is 0 Å². The highest BCUT2D eigenvalue weighted by Gasteiger charge is 2.39. The lowest BCUT2D eigenvalue weighted by molar-refractivity contribution is 0.111. The standard InChI is InChI=1S/C19H28N2/c1-2-4-16(5-3-1)12-18-14-21(11-10-15-6-7-15)19(13-20-18)17-8-9-17/h1-5,15,17-20H,6-14H2. The van der Waals surface area contributed by atoms with Crippen molar-refractivity contribution in [2.75, 3.05) is 19.6 Å². The second-order valence-electron chi connectivity index (χ2n) is 7.43. The van der Waals surface area contributed by atoms with Crippen LogP contribution >= 0.6 is 0 Å². The summed E-state index contributed by atoms with van der Waals surface area (Å²) in [5.74, 6) is 2.06. The Morgan fingerprint density at radius 2 is 1.86 bits per heavy atom. The zero-order chi connectivity index (χ0) is 14.1. The molecule has 2 saturated carbocycles. The molecule has 1 saturated heterocycles. The summed E-state index contributed by atoms with van der Waals surface area (Å²) in [7, 11) is 0. The van der Waals surface area contributed by atoms with Crippen molar-refractivity contribution in [1.82, 2.24) is 10.2 Å². The average molecular weight is 284 g/mol. The van der Waals surface area contributed by atoms with Crippen LogP contribution in [0.1, 0.15) is 37.7 Å². The second kappa shape index (κ2) is 6.10. The van der Waals surface area contributed by atoms with E-state index in [1.807, 2.05) is 0 Å². The summed E-state index contributed by atoms with van der Waals surface area (Å²) in [6.07, 6.45) is 8.55. The number of rotatable bonds is 6. The van der Waals surface area contributed by atoms with Crippen LogP contribution < -0.4 is 5.32 Å². The van der Waals surface area contributed by atoms with Crippen LogP contribution in [-0.2, 0) is 6.42 Å². The summed E-state index contributed by atoms with van der Waals surface area (Å²) < 4.78 is 0. The Balaban J connectivity index is 1.36. The van der Waals surface area contributed by atoms with Crippen molar-refractivity contribution < 1.29 is 0 Å². The Labute approximate surface area is 128 Å². The van der Waals surface area contributed by atoms with Gasteiger partial charge in [0.25, 0.3) is 0 Å². The molecule has 0 aromatic heterocycles. The number of nitrogens with one attached hydrogen (secondary N) is 1. The Kier molecular flexibility index (Phi) is 4.00. The Bertz CT molecular complexity index is 450. The zero-order valence-corrected chi connectivity index (χ0v) is 13.0. The third-order valence-electron chi connectivity index (χ3n) is 5.55. The average Bonchev–Trinajstić information content (AvgIpc) is 3.39. The van der Waals surface area contributed by atoms with Crippen LogP contribution in [0, 0.1) is 11.8 Å². The molecular formula is C19H28N2. The molecule has 2 heteroatoms. The van der Waals surface area contributed by atoms with Gasteiger partial charge in [-0.1, -0.05) is 43.2 Å². The third kappa shape index (κ3) is 3.67. The topological polar surface area (TPSA) is 15.3 Å². The first-order valence-corrected chi connectivity index (χ1v) is 8.90. The highest BCUT2D eigenvalue weighted by molar-refractivity contribution is 5.16. The van der Waals surface area contributed by atoms with E-state index in [9.17, 15) is 0 Å². The Hall–Kier alpha value is -0.860. The summed E-state index contributed by atoms with van der Waals surface area (Å²) >= 11 is 0. The zero-order valence-electron chi connectivity index (χ0n) is 13.0. The summed E-state index contributed by atoms with van der Waals surface area (Å²) in [5, 5.41) is 3.83. The first-order valence-electron chi connectivity index (χ1n) is 8.90. The molecule has 2 atom stereocenters. The van der Waals surface area contributed by atoms with E-state index in [-0.39, 0.29) is 0 Å². The maximum Gasteiger partial charge on any atom is 0.0249 e. The molecule has 0 spiro atoms. The summed E-state index contributed by atoms with van der Waals surface area (Å²) in [6, 6.07) is 12.4. The third-order valence-corrected chi connectivity index (χ3v) is 5.55. The first-order chi connectivity index (χ1) is 10.4.